The number of nitrogens with one attached hydrogen (secondary N) is 1. The summed E-state index contributed by atoms with van der Waals surface area (Å²) in [6.07, 6.45) is 0. The second-order valence-corrected chi connectivity index (χ2v) is 4.82. The Morgan fingerprint density at radius 1 is 1.10 bits per heavy atom. The molecule has 0 saturated heterocycles. The predicted octanol–water partition coefficient (Wildman–Crippen LogP) is 3.29. The van der Waals surface area contributed by atoms with Crippen LogP contribution < -0.4 is 14.8 Å². The van der Waals surface area contributed by atoms with Gasteiger partial charge in [-0.2, -0.15) is 0 Å². The standard InChI is InChI=1S/C16H16ClNO3/c1-20-14-7-6-11(8-15(14)21-2)10-18-16(19)12-4-3-5-13(17)9-12/h3-9H,10H2,1-2H3,(H,18,19). The largest absolute Gasteiger partial charge is 0.493 e. The highest BCUT2D eigenvalue weighted by Gasteiger charge is 2.08. The van der Waals surface area contributed by atoms with Crippen molar-refractivity contribution in [2.24, 2.45) is 0 Å². The lowest BCUT2D eigenvalue weighted by Gasteiger charge is -2.10. The highest BCUT2D eigenvalue weighted by Crippen LogP contribution is 2.27. The molecule has 2 aromatic rings. The summed E-state index contributed by atoms with van der Waals surface area (Å²) < 4.78 is 10.4. The van der Waals surface area contributed by atoms with Gasteiger partial charge in [-0.25, -0.2) is 0 Å². The smallest absolute Gasteiger partial charge is 0.251 e. The van der Waals surface area contributed by atoms with Crippen LogP contribution in [0.1, 0.15) is 15.9 Å². The van der Waals surface area contributed by atoms with Crippen molar-refractivity contribution in [1.82, 2.24) is 5.32 Å². The summed E-state index contributed by atoms with van der Waals surface area (Å²) in [5.41, 5.74) is 1.45. The van der Waals surface area contributed by atoms with Crippen LogP contribution in [0, 0.1) is 0 Å². The summed E-state index contributed by atoms with van der Waals surface area (Å²) in [4.78, 5) is 12.0. The Morgan fingerprint density at radius 2 is 1.86 bits per heavy atom. The van der Waals surface area contributed by atoms with Crippen molar-refractivity contribution in [3.8, 4) is 11.5 Å². The van der Waals surface area contributed by atoms with E-state index in [1.165, 1.54) is 0 Å². The maximum absolute atomic E-state index is 12.0. The van der Waals surface area contributed by atoms with Gasteiger partial charge in [-0.15, -0.1) is 0 Å². The lowest BCUT2D eigenvalue weighted by molar-refractivity contribution is 0.0951. The van der Waals surface area contributed by atoms with Crippen molar-refractivity contribution in [2.45, 2.75) is 6.54 Å². The number of carbonyl (C=O) groups excluding carboxylic acids is 1. The first-order valence-corrected chi connectivity index (χ1v) is 6.76. The van der Waals surface area contributed by atoms with E-state index >= 15 is 0 Å². The molecule has 0 atom stereocenters. The quantitative estimate of drug-likeness (QED) is 0.922. The fraction of sp³-hybridized carbons (Fsp3) is 0.188. The van der Waals surface area contributed by atoms with Crippen molar-refractivity contribution < 1.29 is 14.3 Å². The first-order valence-electron chi connectivity index (χ1n) is 6.38. The molecule has 1 amide bonds. The summed E-state index contributed by atoms with van der Waals surface area (Å²) in [7, 11) is 3.16. The highest BCUT2D eigenvalue weighted by molar-refractivity contribution is 6.30. The Kier molecular flexibility index (Phi) is 5.06. The lowest BCUT2D eigenvalue weighted by atomic mass is 10.1. The van der Waals surface area contributed by atoms with Crippen LogP contribution in [0.2, 0.25) is 5.02 Å². The molecule has 1 N–H and O–H groups in total. The molecule has 110 valence electrons. The van der Waals surface area contributed by atoms with Crippen molar-refractivity contribution in [3.63, 3.8) is 0 Å². The average molecular weight is 306 g/mol. The van der Waals surface area contributed by atoms with Crippen LogP contribution in [0.15, 0.2) is 42.5 Å². The van der Waals surface area contributed by atoms with Crippen LogP contribution in [0.4, 0.5) is 0 Å². The van der Waals surface area contributed by atoms with E-state index in [0.717, 1.165) is 5.56 Å². The summed E-state index contributed by atoms with van der Waals surface area (Å²) >= 11 is 5.87. The van der Waals surface area contributed by atoms with E-state index < -0.39 is 0 Å². The van der Waals surface area contributed by atoms with Gasteiger partial charge in [0, 0.05) is 17.1 Å². The molecular formula is C16H16ClNO3. The molecule has 0 radical (unpaired) electrons. The van der Waals surface area contributed by atoms with Gasteiger partial charge in [0.15, 0.2) is 11.5 Å². The van der Waals surface area contributed by atoms with Crippen LogP contribution in [0.5, 0.6) is 11.5 Å². The second kappa shape index (κ2) is 6.99. The van der Waals surface area contributed by atoms with E-state index in [1.54, 1.807) is 44.6 Å². The molecule has 0 saturated carbocycles. The Bertz CT molecular complexity index is 643. The van der Waals surface area contributed by atoms with Crippen LogP contribution in [-0.4, -0.2) is 20.1 Å². The molecule has 0 unspecified atom stereocenters. The molecule has 0 aliphatic rings. The minimum atomic E-state index is -0.174. The molecule has 21 heavy (non-hydrogen) atoms. The molecule has 0 spiro atoms. The summed E-state index contributed by atoms with van der Waals surface area (Å²) in [5, 5.41) is 3.37. The molecule has 0 fully saturated rings. The van der Waals surface area contributed by atoms with Gasteiger partial charge in [0.1, 0.15) is 0 Å². The third-order valence-electron chi connectivity index (χ3n) is 2.99. The number of rotatable bonds is 5. The van der Waals surface area contributed by atoms with Gasteiger partial charge in [-0.1, -0.05) is 23.7 Å². The number of amides is 1. The van der Waals surface area contributed by atoms with E-state index in [0.29, 0.717) is 28.6 Å². The van der Waals surface area contributed by atoms with Gasteiger partial charge in [0.25, 0.3) is 5.91 Å². The third-order valence-corrected chi connectivity index (χ3v) is 3.22. The number of halogens is 1. The molecule has 5 heteroatoms. The van der Waals surface area contributed by atoms with Crippen LogP contribution in [0.25, 0.3) is 0 Å². The van der Waals surface area contributed by atoms with E-state index in [-0.39, 0.29) is 5.91 Å². The number of ether oxygens (including phenoxy) is 2. The Balaban J connectivity index is 2.04. The monoisotopic (exact) mass is 305 g/mol. The van der Waals surface area contributed by atoms with E-state index in [2.05, 4.69) is 5.32 Å². The van der Waals surface area contributed by atoms with Crippen molar-refractivity contribution in [1.29, 1.82) is 0 Å². The summed E-state index contributed by atoms with van der Waals surface area (Å²) in [5.74, 6) is 1.11. The van der Waals surface area contributed by atoms with Crippen LogP contribution in [0.3, 0.4) is 0 Å². The number of hydrogen-bond donors (Lipinski definition) is 1. The molecule has 2 aromatic carbocycles. The Labute approximate surface area is 128 Å². The molecule has 2 rings (SSSR count). The van der Waals surface area contributed by atoms with Gasteiger partial charge < -0.3 is 14.8 Å². The Morgan fingerprint density at radius 3 is 2.52 bits per heavy atom. The zero-order chi connectivity index (χ0) is 15.2. The van der Waals surface area contributed by atoms with Crippen molar-refractivity contribution in [2.75, 3.05) is 14.2 Å². The molecule has 0 aliphatic carbocycles. The molecule has 4 nitrogen and oxygen atoms in total. The van der Waals surface area contributed by atoms with E-state index in [1.807, 2.05) is 12.1 Å². The van der Waals surface area contributed by atoms with Gasteiger partial charge in [-0.05, 0) is 35.9 Å². The topological polar surface area (TPSA) is 47.6 Å². The van der Waals surface area contributed by atoms with Gasteiger partial charge in [-0.3, -0.25) is 4.79 Å². The SMILES string of the molecule is COc1ccc(CNC(=O)c2cccc(Cl)c2)cc1OC. The molecular weight excluding hydrogens is 290 g/mol. The maximum atomic E-state index is 12.0. The number of carbonyl (C=O) groups is 1. The normalized spacial score (nSPS) is 10.0. The fourth-order valence-electron chi connectivity index (χ4n) is 1.90. The van der Waals surface area contributed by atoms with E-state index in [4.69, 9.17) is 21.1 Å². The second-order valence-electron chi connectivity index (χ2n) is 4.38. The summed E-state index contributed by atoms with van der Waals surface area (Å²) in [6, 6.07) is 12.3. The van der Waals surface area contributed by atoms with Gasteiger partial charge in [0.05, 0.1) is 14.2 Å². The third kappa shape index (κ3) is 3.89. The van der Waals surface area contributed by atoms with Gasteiger partial charge in [0.2, 0.25) is 0 Å². The average Bonchev–Trinajstić information content (AvgIpc) is 2.52. The van der Waals surface area contributed by atoms with Crippen LogP contribution in [-0.2, 0) is 6.54 Å². The highest BCUT2D eigenvalue weighted by atomic mass is 35.5. The van der Waals surface area contributed by atoms with Gasteiger partial charge >= 0.3 is 0 Å². The number of hydrogen-bond acceptors (Lipinski definition) is 3. The lowest BCUT2D eigenvalue weighted by Crippen LogP contribution is -2.22. The molecule has 0 heterocycles. The number of benzene rings is 2. The minimum absolute atomic E-state index is 0.174. The zero-order valence-electron chi connectivity index (χ0n) is 11.9. The minimum Gasteiger partial charge on any atom is -0.493 e. The molecule has 0 aromatic heterocycles. The first-order chi connectivity index (χ1) is 10.1. The fourth-order valence-corrected chi connectivity index (χ4v) is 2.10. The summed E-state index contributed by atoms with van der Waals surface area (Å²) in [6.45, 7) is 0.395. The first kappa shape index (κ1) is 15.2. The molecule has 0 aliphatic heterocycles. The Hall–Kier alpha value is -2.20. The molecule has 0 bridgehead atoms. The van der Waals surface area contributed by atoms with Crippen molar-refractivity contribution >= 4 is 17.5 Å². The van der Waals surface area contributed by atoms with Crippen LogP contribution >= 0.6 is 11.6 Å². The van der Waals surface area contributed by atoms with Crippen molar-refractivity contribution in [3.05, 3.63) is 58.6 Å². The maximum Gasteiger partial charge on any atom is 0.251 e. The van der Waals surface area contributed by atoms with E-state index in [9.17, 15) is 4.79 Å². The zero-order valence-corrected chi connectivity index (χ0v) is 12.6. The number of methoxy groups -OCH3 is 2. The predicted molar refractivity (Wildman–Crippen MR) is 82.2 cm³/mol.